The van der Waals surface area contributed by atoms with Crippen molar-refractivity contribution in [3.8, 4) is 0 Å². The van der Waals surface area contributed by atoms with Gasteiger partial charge in [0, 0.05) is 23.5 Å². The minimum Gasteiger partial charge on any atom is -0.451 e. The number of aliphatic hydroxyl groups excluding tert-OH is 1. The molecule has 0 spiro atoms. The first-order valence-corrected chi connectivity index (χ1v) is 11.4. The third-order valence-electron chi connectivity index (χ3n) is 5.64. The van der Waals surface area contributed by atoms with Crippen LogP contribution in [-0.2, 0) is 10.3 Å². The van der Waals surface area contributed by atoms with Crippen LogP contribution < -0.4 is 16.0 Å². The van der Waals surface area contributed by atoms with Crippen molar-refractivity contribution in [3.63, 3.8) is 0 Å². The smallest absolute Gasteiger partial charge is 0.339 e. The Morgan fingerprint density at radius 3 is 2.57 bits per heavy atom. The van der Waals surface area contributed by atoms with Crippen molar-refractivity contribution in [2.75, 3.05) is 17.2 Å². The molecule has 1 aliphatic heterocycles. The van der Waals surface area contributed by atoms with E-state index in [1.54, 1.807) is 12.1 Å². The summed E-state index contributed by atoms with van der Waals surface area (Å²) in [6.45, 7) is 7.20. The average Bonchev–Trinajstić information content (AvgIpc) is 3.05. The Bertz CT molecular complexity index is 1240. The van der Waals surface area contributed by atoms with Crippen molar-refractivity contribution in [1.29, 1.82) is 0 Å². The number of nitrogens with zero attached hydrogens (tertiary/aromatic N) is 2. The van der Waals surface area contributed by atoms with Gasteiger partial charge in [0.25, 0.3) is 5.91 Å². The predicted octanol–water partition coefficient (Wildman–Crippen LogP) is 3.91. The van der Waals surface area contributed by atoms with Crippen LogP contribution in [0.2, 0.25) is 0 Å². The first-order chi connectivity index (χ1) is 16.7. The van der Waals surface area contributed by atoms with Crippen molar-refractivity contribution < 1.29 is 19.4 Å². The van der Waals surface area contributed by atoms with Gasteiger partial charge in [-0.05, 0) is 51.5 Å². The van der Waals surface area contributed by atoms with Crippen LogP contribution in [0.5, 0.6) is 0 Å². The van der Waals surface area contributed by atoms with E-state index in [-0.39, 0.29) is 41.9 Å². The summed E-state index contributed by atoms with van der Waals surface area (Å²) in [5.41, 5.74) is 2.33. The molecule has 1 atom stereocenters. The van der Waals surface area contributed by atoms with Crippen LogP contribution in [0.25, 0.3) is 0 Å². The monoisotopic (exact) mass is 475 g/mol. The topological polar surface area (TPSA) is 125 Å². The molecule has 1 aromatic heterocycles. The Morgan fingerprint density at radius 1 is 1.14 bits per heavy atom. The summed E-state index contributed by atoms with van der Waals surface area (Å²) in [4.78, 5) is 33.8. The highest BCUT2D eigenvalue weighted by Gasteiger charge is 2.37. The summed E-state index contributed by atoms with van der Waals surface area (Å²) in [6, 6.07) is 14.2. The van der Waals surface area contributed by atoms with Gasteiger partial charge in [0.2, 0.25) is 5.95 Å². The van der Waals surface area contributed by atoms with Crippen molar-refractivity contribution in [2.45, 2.75) is 45.4 Å². The number of hydrogen-bond acceptors (Lipinski definition) is 8. The lowest BCUT2D eigenvalue weighted by Crippen LogP contribution is -2.31. The summed E-state index contributed by atoms with van der Waals surface area (Å²) < 4.78 is 5.44. The molecule has 0 aliphatic carbocycles. The summed E-state index contributed by atoms with van der Waals surface area (Å²) in [6.07, 6.45) is 1.44. The van der Waals surface area contributed by atoms with Gasteiger partial charge in [0.05, 0.1) is 18.2 Å². The van der Waals surface area contributed by atoms with Crippen LogP contribution >= 0.6 is 0 Å². The second-order valence-electron chi connectivity index (χ2n) is 9.16. The van der Waals surface area contributed by atoms with E-state index in [9.17, 15) is 14.7 Å². The van der Waals surface area contributed by atoms with Gasteiger partial charge in [-0.2, -0.15) is 4.98 Å². The molecular weight excluding hydrogens is 446 g/mol. The number of cyclic esters (lactones) is 1. The molecule has 0 radical (unpaired) electrons. The maximum Gasteiger partial charge on any atom is 0.339 e. The van der Waals surface area contributed by atoms with Gasteiger partial charge in [0.15, 0.2) is 0 Å². The van der Waals surface area contributed by atoms with E-state index in [4.69, 9.17) is 4.74 Å². The Morgan fingerprint density at radius 2 is 1.89 bits per heavy atom. The van der Waals surface area contributed by atoms with Gasteiger partial charge in [-0.25, -0.2) is 9.78 Å². The number of carbonyl (C=O) groups excluding carboxylic acids is 2. The number of carbonyl (C=O) groups is 2. The molecule has 1 aliphatic rings. The number of nitrogens with one attached hydrogen (secondary N) is 3. The van der Waals surface area contributed by atoms with Gasteiger partial charge >= 0.3 is 5.97 Å². The molecule has 2 heterocycles. The van der Waals surface area contributed by atoms with Crippen molar-refractivity contribution in [1.82, 2.24) is 15.3 Å². The van der Waals surface area contributed by atoms with Crippen LogP contribution in [0.1, 0.15) is 65.6 Å². The lowest BCUT2D eigenvalue weighted by atomic mass is 9.95. The normalized spacial score (nSPS) is 14.7. The molecule has 0 fully saturated rings. The van der Waals surface area contributed by atoms with E-state index in [0.717, 1.165) is 11.1 Å². The number of anilines is 3. The van der Waals surface area contributed by atoms with Crippen LogP contribution in [-0.4, -0.2) is 39.6 Å². The first kappa shape index (κ1) is 24.2. The molecule has 35 heavy (non-hydrogen) atoms. The van der Waals surface area contributed by atoms with E-state index in [1.165, 1.54) is 6.20 Å². The molecule has 4 rings (SSSR count). The summed E-state index contributed by atoms with van der Waals surface area (Å²) in [5, 5.41) is 19.2. The van der Waals surface area contributed by atoms with E-state index in [2.05, 4.69) is 25.9 Å². The second-order valence-corrected chi connectivity index (χ2v) is 9.16. The fraction of sp³-hybridized carbons (Fsp3) is 0.308. The Hall–Kier alpha value is -3.98. The van der Waals surface area contributed by atoms with Gasteiger partial charge in [-0.3, -0.25) is 4.79 Å². The van der Waals surface area contributed by atoms with Gasteiger partial charge in [-0.1, -0.05) is 30.3 Å². The van der Waals surface area contributed by atoms with Gasteiger partial charge in [-0.15, -0.1) is 0 Å². The number of esters is 1. The third kappa shape index (κ3) is 5.25. The van der Waals surface area contributed by atoms with Crippen LogP contribution in [0.4, 0.5) is 17.5 Å². The maximum atomic E-state index is 12.8. The fourth-order valence-electron chi connectivity index (χ4n) is 3.91. The molecule has 0 bridgehead atoms. The zero-order valence-corrected chi connectivity index (χ0v) is 20.1. The predicted molar refractivity (Wildman–Crippen MR) is 133 cm³/mol. The Kier molecular flexibility index (Phi) is 6.70. The zero-order valence-electron chi connectivity index (χ0n) is 20.1. The van der Waals surface area contributed by atoms with Crippen molar-refractivity contribution in [2.24, 2.45) is 0 Å². The van der Waals surface area contributed by atoms with Crippen LogP contribution in [0, 0.1) is 0 Å². The lowest BCUT2D eigenvalue weighted by Gasteiger charge is -2.20. The Labute approximate surface area is 204 Å². The summed E-state index contributed by atoms with van der Waals surface area (Å²) in [5.74, 6) is -0.144. The summed E-state index contributed by atoms with van der Waals surface area (Å²) >= 11 is 0. The molecular formula is C26H29N5O4. The molecule has 1 amide bonds. The van der Waals surface area contributed by atoms with E-state index in [0.29, 0.717) is 11.3 Å². The fourth-order valence-corrected chi connectivity index (χ4v) is 3.91. The molecule has 3 aromatic rings. The number of aliphatic hydroxyl groups is 1. The number of fused-ring (bicyclic) bond motifs is 1. The Balaban J connectivity index is 1.66. The number of amides is 1. The molecule has 2 aromatic carbocycles. The SMILES string of the molecule is CC(C)NC(=O)c1cnc(Nc2ccc3c(c2)C(C)(C)OC3=O)nc1N[C@H](CO)c1ccccc1. The maximum absolute atomic E-state index is 12.8. The molecule has 9 heteroatoms. The van der Waals surface area contributed by atoms with Crippen LogP contribution in [0.15, 0.2) is 54.7 Å². The third-order valence-corrected chi connectivity index (χ3v) is 5.64. The lowest BCUT2D eigenvalue weighted by molar-refractivity contribution is 0.00953. The highest BCUT2D eigenvalue weighted by molar-refractivity contribution is 5.99. The minimum absolute atomic E-state index is 0.0735. The molecule has 0 unspecified atom stereocenters. The number of benzene rings is 2. The van der Waals surface area contributed by atoms with E-state index < -0.39 is 11.6 Å². The quantitative estimate of drug-likeness (QED) is 0.362. The number of rotatable bonds is 8. The number of aromatic nitrogens is 2. The van der Waals surface area contributed by atoms with Crippen LogP contribution in [0.3, 0.4) is 0 Å². The van der Waals surface area contributed by atoms with E-state index >= 15 is 0 Å². The first-order valence-electron chi connectivity index (χ1n) is 11.4. The minimum atomic E-state index is -0.736. The average molecular weight is 476 g/mol. The number of ether oxygens (including phenoxy) is 1. The second kappa shape index (κ2) is 9.71. The highest BCUT2D eigenvalue weighted by atomic mass is 16.6. The molecule has 4 N–H and O–H groups in total. The zero-order chi connectivity index (χ0) is 25.2. The van der Waals surface area contributed by atoms with Gasteiger partial charge in [0.1, 0.15) is 17.0 Å². The van der Waals surface area contributed by atoms with Crippen molar-refractivity contribution >= 4 is 29.3 Å². The molecule has 0 saturated carbocycles. The standard InChI is InChI=1S/C26H29N5O4/c1-15(2)28-23(33)19-13-27-25(31-22(19)30-21(14-32)16-8-6-5-7-9-16)29-17-10-11-18-20(12-17)26(3,4)35-24(18)34/h5-13,15,21,32H,14H2,1-4H3,(H,28,33)(H2,27,29,30,31)/t21-/m1/s1. The molecule has 182 valence electrons. The van der Waals surface area contributed by atoms with Gasteiger partial charge < -0.3 is 25.8 Å². The number of hydrogen-bond donors (Lipinski definition) is 4. The highest BCUT2D eigenvalue weighted by Crippen LogP contribution is 2.37. The molecule has 0 saturated heterocycles. The van der Waals surface area contributed by atoms with E-state index in [1.807, 2.05) is 64.1 Å². The summed E-state index contributed by atoms with van der Waals surface area (Å²) in [7, 11) is 0. The van der Waals surface area contributed by atoms with Crippen molar-refractivity contribution in [3.05, 3.63) is 77.0 Å². The molecule has 9 nitrogen and oxygen atoms in total. The largest absolute Gasteiger partial charge is 0.451 e.